The minimum absolute atomic E-state index is 0.00315. The van der Waals surface area contributed by atoms with Gasteiger partial charge in [0, 0.05) is 0 Å². The highest BCUT2D eigenvalue weighted by Gasteiger charge is 2.26. The van der Waals surface area contributed by atoms with Crippen LogP contribution in [0, 0.1) is 6.92 Å². The number of carbonyl (C=O) groups is 3. The topological polar surface area (TPSA) is 108 Å². The van der Waals surface area contributed by atoms with Crippen molar-refractivity contribution in [2.45, 2.75) is 31.8 Å². The molecule has 30 heavy (non-hydrogen) atoms. The maximum atomic E-state index is 12.5. The van der Waals surface area contributed by atoms with Crippen molar-refractivity contribution in [3.8, 4) is 0 Å². The molecule has 0 fully saturated rings. The molecule has 2 unspecified atom stereocenters. The summed E-state index contributed by atoms with van der Waals surface area (Å²) in [5.41, 5.74) is 2.87. The van der Waals surface area contributed by atoms with Crippen molar-refractivity contribution in [3.05, 3.63) is 68.7 Å². The molecule has 0 saturated carbocycles. The second kappa shape index (κ2) is 9.36. The van der Waals surface area contributed by atoms with Crippen LogP contribution in [0.15, 0.2) is 36.4 Å². The van der Waals surface area contributed by atoms with E-state index < -0.39 is 23.9 Å². The Bertz CT molecular complexity index is 996. The van der Waals surface area contributed by atoms with Crippen LogP contribution in [-0.2, 0) is 11.2 Å². The molecule has 2 aromatic carbocycles. The average molecular weight is 450 g/mol. The molecule has 0 spiro atoms. The van der Waals surface area contributed by atoms with Gasteiger partial charge in [0.05, 0.1) is 28.2 Å². The van der Waals surface area contributed by atoms with Crippen LogP contribution in [0.2, 0.25) is 10.0 Å². The van der Waals surface area contributed by atoms with Crippen LogP contribution in [-0.4, -0.2) is 35.6 Å². The molecule has 9 heteroatoms. The van der Waals surface area contributed by atoms with Crippen LogP contribution >= 0.6 is 23.2 Å². The van der Waals surface area contributed by atoms with Crippen LogP contribution < -0.4 is 16.0 Å². The molecule has 3 amide bonds. The highest BCUT2D eigenvalue weighted by Crippen LogP contribution is 2.30. The van der Waals surface area contributed by atoms with Gasteiger partial charge in [0.1, 0.15) is 6.04 Å². The molecule has 1 aliphatic rings. The van der Waals surface area contributed by atoms with Crippen LogP contribution in [0.4, 0.5) is 4.79 Å². The van der Waals surface area contributed by atoms with Gasteiger partial charge in [0.25, 0.3) is 5.91 Å². The molecule has 0 aromatic heterocycles. The number of carbonyl (C=O) groups excluding carboxylic acids is 2. The number of carboxylic acids is 1. The standard InChI is InChI=1S/C21H21Cl2N3O4/c1-11-6-8-14(22)17(18(11)23)19(27)25-16(20(28)29)10-24-21(30)26-15-9-7-12-4-2-3-5-13(12)15/h2-6,8,15-16H,7,9-10H2,1H3,(H,25,27)(H,28,29)(H2,24,26,30). The fraction of sp³-hybridized carbons (Fsp3) is 0.286. The summed E-state index contributed by atoms with van der Waals surface area (Å²) < 4.78 is 0. The van der Waals surface area contributed by atoms with Gasteiger partial charge in [-0.1, -0.05) is 53.5 Å². The minimum Gasteiger partial charge on any atom is -0.480 e. The number of nitrogens with one attached hydrogen (secondary N) is 3. The zero-order valence-electron chi connectivity index (χ0n) is 16.2. The first-order valence-electron chi connectivity index (χ1n) is 9.38. The first-order chi connectivity index (χ1) is 14.3. The van der Waals surface area contributed by atoms with E-state index in [1.807, 2.05) is 24.3 Å². The fourth-order valence-electron chi connectivity index (χ4n) is 3.41. The maximum absolute atomic E-state index is 12.5. The van der Waals surface area contributed by atoms with Gasteiger partial charge in [-0.3, -0.25) is 4.79 Å². The molecule has 158 valence electrons. The second-order valence-corrected chi connectivity index (χ2v) is 7.85. The Morgan fingerprint density at radius 2 is 1.90 bits per heavy atom. The number of carboxylic acid groups (broad SMARTS) is 1. The molecular formula is C21H21Cl2N3O4. The molecular weight excluding hydrogens is 429 g/mol. The molecule has 0 radical (unpaired) electrons. The largest absolute Gasteiger partial charge is 0.480 e. The fourth-order valence-corrected chi connectivity index (χ4v) is 3.95. The molecule has 3 rings (SSSR count). The van der Waals surface area contributed by atoms with Crippen LogP contribution in [0.5, 0.6) is 0 Å². The summed E-state index contributed by atoms with van der Waals surface area (Å²) in [4.78, 5) is 36.4. The number of rotatable bonds is 6. The summed E-state index contributed by atoms with van der Waals surface area (Å²) in [6, 6.07) is 9.01. The number of hydrogen-bond acceptors (Lipinski definition) is 3. The summed E-state index contributed by atoms with van der Waals surface area (Å²) in [6.07, 6.45) is 1.64. The molecule has 0 saturated heterocycles. The van der Waals surface area contributed by atoms with E-state index in [0.29, 0.717) is 5.56 Å². The van der Waals surface area contributed by atoms with E-state index in [0.717, 1.165) is 18.4 Å². The SMILES string of the molecule is Cc1ccc(Cl)c(C(=O)NC(CNC(=O)NC2CCc3ccccc32)C(=O)O)c1Cl. The summed E-state index contributed by atoms with van der Waals surface area (Å²) in [7, 11) is 0. The third kappa shape index (κ3) is 4.86. The molecule has 0 aliphatic heterocycles. The predicted molar refractivity (Wildman–Crippen MR) is 114 cm³/mol. The number of aliphatic carboxylic acids is 1. The highest BCUT2D eigenvalue weighted by atomic mass is 35.5. The Hall–Kier alpha value is -2.77. The van der Waals surface area contributed by atoms with E-state index in [2.05, 4.69) is 16.0 Å². The van der Waals surface area contributed by atoms with E-state index in [4.69, 9.17) is 23.2 Å². The van der Waals surface area contributed by atoms with E-state index in [1.165, 1.54) is 11.6 Å². The van der Waals surface area contributed by atoms with Gasteiger partial charge < -0.3 is 21.1 Å². The number of halogens is 2. The zero-order valence-corrected chi connectivity index (χ0v) is 17.7. The Balaban J connectivity index is 1.60. The number of aryl methyl sites for hydroxylation is 2. The van der Waals surface area contributed by atoms with Gasteiger partial charge in [-0.25, -0.2) is 9.59 Å². The quantitative estimate of drug-likeness (QED) is 0.541. The lowest BCUT2D eigenvalue weighted by molar-refractivity contribution is -0.139. The van der Waals surface area contributed by atoms with Gasteiger partial charge in [-0.05, 0) is 42.5 Å². The number of amides is 3. The molecule has 1 aliphatic carbocycles. The molecule has 0 bridgehead atoms. The van der Waals surface area contributed by atoms with Gasteiger partial charge in [0.15, 0.2) is 0 Å². The first-order valence-corrected chi connectivity index (χ1v) is 10.1. The molecule has 4 N–H and O–H groups in total. The minimum atomic E-state index is -1.35. The van der Waals surface area contributed by atoms with Crippen molar-refractivity contribution < 1.29 is 19.5 Å². The van der Waals surface area contributed by atoms with E-state index in [9.17, 15) is 19.5 Å². The summed E-state index contributed by atoms with van der Waals surface area (Å²) in [5.74, 6) is -2.03. The van der Waals surface area contributed by atoms with Crippen molar-refractivity contribution in [2.24, 2.45) is 0 Å². The van der Waals surface area contributed by atoms with Crippen molar-refractivity contribution >= 4 is 41.1 Å². The monoisotopic (exact) mass is 449 g/mol. The summed E-state index contributed by atoms with van der Waals surface area (Å²) in [6.45, 7) is 1.40. The molecule has 7 nitrogen and oxygen atoms in total. The van der Waals surface area contributed by atoms with Gasteiger partial charge in [-0.15, -0.1) is 0 Å². The Morgan fingerprint density at radius 3 is 2.63 bits per heavy atom. The summed E-state index contributed by atoms with van der Waals surface area (Å²) in [5, 5.41) is 17.4. The number of hydrogen-bond donors (Lipinski definition) is 4. The lowest BCUT2D eigenvalue weighted by Crippen LogP contribution is -2.50. The first kappa shape index (κ1) is 21.9. The lowest BCUT2D eigenvalue weighted by atomic mass is 10.1. The van der Waals surface area contributed by atoms with Crippen LogP contribution in [0.25, 0.3) is 0 Å². The normalized spacial score (nSPS) is 15.8. The predicted octanol–water partition coefficient (Wildman–Crippen LogP) is 3.47. The Labute approximate surface area is 183 Å². The van der Waals surface area contributed by atoms with Crippen molar-refractivity contribution in [1.29, 1.82) is 0 Å². The summed E-state index contributed by atoms with van der Waals surface area (Å²) >= 11 is 12.2. The van der Waals surface area contributed by atoms with Gasteiger partial charge in [-0.2, -0.15) is 0 Å². The van der Waals surface area contributed by atoms with Crippen molar-refractivity contribution in [1.82, 2.24) is 16.0 Å². The van der Waals surface area contributed by atoms with Gasteiger partial charge in [0.2, 0.25) is 0 Å². The number of benzene rings is 2. The second-order valence-electron chi connectivity index (χ2n) is 7.06. The number of urea groups is 1. The highest BCUT2D eigenvalue weighted by molar-refractivity contribution is 6.40. The van der Waals surface area contributed by atoms with E-state index in [-0.39, 0.29) is 28.2 Å². The van der Waals surface area contributed by atoms with E-state index in [1.54, 1.807) is 13.0 Å². The van der Waals surface area contributed by atoms with Crippen LogP contribution in [0.1, 0.15) is 39.5 Å². The van der Waals surface area contributed by atoms with Crippen LogP contribution in [0.3, 0.4) is 0 Å². The average Bonchev–Trinajstić information content (AvgIpc) is 3.11. The Morgan fingerprint density at radius 1 is 1.17 bits per heavy atom. The van der Waals surface area contributed by atoms with Crippen molar-refractivity contribution in [2.75, 3.05) is 6.54 Å². The molecule has 0 heterocycles. The maximum Gasteiger partial charge on any atom is 0.328 e. The third-order valence-corrected chi connectivity index (χ3v) is 5.82. The molecule has 2 atom stereocenters. The van der Waals surface area contributed by atoms with Gasteiger partial charge >= 0.3 is 12.0 Å². The van der Waals surface area contributed by atoms with E-state index >= 15 is 0 Å². The lowest BCUT2D eigenvalue weighted by Gasteiger charge is -2.19. The zero-order chi connectivity index (χ0) is 21.8. The smallest absolute Gasteiger partial charge is 0.328 e. The van der Waals surface area contributed by atoms with Crippen molar-refractivity contribution in [3.63, 3.8) is 0 Å². The molecule has 2 aromatic rings. The third-order valence-electron chi connectivity index (χ3n) is 5.02. The number of fused-ring (bicyclic) bond motifs is 1. The Kier molecular flexibility index (Phi) is 6.84.